The van der Waals surface area contributed by atoms with Gasteiger partial charge in [-0.2, -0.15) is 0 Å². The molecule has 0 bridgehead atoms. The molecule has 28 heavy (non-hydrogen) atoms. The third kappa shape index (κ3) is 3.01. The highest BCUT2D eigenvalue weighted by atomic mass is 79.9. The summed E-state index contributed by atoms with van der Waals surface area (Å²) >= 11 is 7.23. The van der Waals surface area contributed by atoms with Crippen molar-refractivity contribution in [3.8, 4) is 0 Å². The number of fused-ring (bicyclic) bond motifs is 2. The van der Waals surface area contributed by atoms with Crippen LogP contribution in [0.2, 0.25) is 0 Å². The molecule has 0 radical (unpaired) electrons. The fraction of sp³-hybridized carbons (Fsp3) is 0.0833. The van der Waals surface area contributed by atoms with Crippen LogP contribution in [0, 0.1) is 6.92 Å². The number of rotatable bonds is 3. The summed E-state index contributed by atoms with van der Waals surface area (Å²) in [5.41, 5.74) is 7.41. The Morgan fingerprint density at radius 1 is 0.714 bits per heavy atom. The Morgan fingerprint density at radius 2 is 1.36 bits per heavy atom. The molecule has 4 heteroatoms. The maximum absolute atomic E-state index is 3.65. The van der Waals surface area contributed by atoms with Crippen LogP contribution < -0.4 is 0 Å². The minimum absolute atomic E-state index is 0.129. The summed E-state index contributed by atoms with van der Waals surface area (Å²) in [5, 5.41) is 2.51. The molecule has 5 rings (SSSR count). The lowest BCUT2D eigenvalue weighted by molar-refractivity contribution is 0.996. The van der Waals surface area contributed by atoms with Crippen molar-refractivity contribution in [2.45, 2.75) is 12.8 Å². The Bertz CT molecular complexity index is 1230. The van der Waals surface area contributed by atoms with E-state index in [4.69, 9.17) is 0 Å². The molecule has 0 aliphatic rings. The maximum atomic E-state index is 3.65. The van der Waals surface area contributed by atoms with Crippen molar-refractivity contribution in [3.05, 3.63) is 104 Å². The molecule has 0 saturated heterocycles. The lowest BCUT2D eigenvalue weighted by Gasteiger charge is -2.18. The molecule has 138 valence electrons. The number of aromatic amines is 2. The van der Waals surface area contributed by atoms with E-state index in [9.17, 15) is 0 Å². The quantitative estimate of drug-likeness (QED) is 0.258. The van der Waals surface area contributed by atoms with Crippen LogP contribution in [0.1, 0.15) is 28.2 Å². The van der Waals surface area contributed by atoms with E-state index in [1.165, 1.54) is 38.5 Å². The topological polar surface area (TPSA) is 31.6 Å². The lowest BCUT2D eigenvalue weighted by atomic mass is 9.85. The highest BCUT2D eigenvalue weighted by Crippen LogP contribution is 2.40. The van der Waals surface area contributed by atoms with Gasteiger partial charge in [-0.25, -0.2) is 0 Å². The highest BCUT2D eigenvalue weighted by Gasteiger charge is 2.23. The summed E-state index contributed by atoms with van der Waals surface area (Å²) in [4.78, 5) is 6.94. The van der Waals surface area contributed by atoms with Crippen molar-refractivity contribution in [2.24, 2.45) is 0 Å². The monoisotopic (exact) mass is 492 g/mol. The Labute approximate surface area is 180 Å². The summed E-state index contributed by atoms with van der Waals surface area (Å²) in [6.07, 6.45) is 4.31. The molecule has 3 aromatic carbocycles. The first-order chi connectivity index (χ1) is 13.6. The van der Waals surface area contributed by atoms with Crippen LogP contribution in [-0.2, 0) is 0 Å². The molecule has 2 aromatic heterocycles. The number of aromatic nitrogens is 2. The Kier molecular flexibility index (Phi) is 4.41. The van der Waals surface area contributed by atoms with Crippen molar-refractivity contribution < 1.29 is 0 Å². The average molecular weight is 494 g/mol. The van der Waals surface area contributed by atoms with Crippen LogP contribution in [0.3, 0.4) is 0 Å². The summed E-state index contributed by atoms with van der Waals surface area (Å²) in [5.74, 6) is 0.129. The van der Waals surface area contributed by atoms with Crippen molar-refractivity contribution >= 4 is 53.7 Å². The minimum atomic E-state index is 0.129. The van der Waals surface area contributed by atoms with Gasteiger partial charge in [0.1, 0.15) is 0 Å². The fourth-order valence-electron chi connectivity index (χ4n) is 4.07. The SMILES string of the molecule is Cc1ccc2c(C(c3cccc(Br)c3)c3c[nH]c4cc(Br)ccc34)c[nH]c2c1. The first-order valence-corrected chi connectivity index (χ1v) is 10.8. The number of aryl methyl sites for hydroxylation is 1. The van der Waals surface area contributed by atoms with E-state index in [0.29, 0.717) is 0 Å². The van der Waals surface area contributed by atoms with Crippen LogP contribution in [0.5, 0.6) is 0 Å². The molecule has 0 aliphatic carbocycles. The molecule has 1 unspecified atom stereocenters. The number of hydrogen-bond acceptors (Lipinski definition) is 0. The van der Waals surface area contributed by atoms with Gasteiger partial charge < -0.3 is 9.97 Å². The van der Waals surface area contributed by atoms with Crippen LogP contribution in [-0.4, -0.2) is 9.97 Å². The molecular weight excluding hydrogens is 476 g/mol. The minimum Gasteiger partial charge on any atom is -0.361 e. The van der Waals surface area contributed by atoms with Gasteiger partial charge in [0, 0.05) is 49.1 Å². The van der Waals surface area contributed by atoms with Crippen LogP contribution in [0.15, 0.2) is 82.0 Å². The summed E-state index contributed by atoms with van der Waals surface area (Å²) in [6.45, 7) is 2.13. The second-order valence-electron chi connectivity index (χ2n) is 7.21. The summed E-state index contributed by atoms with van der Waals surface area (Å²) in [7, 11) is 0. The number of halogens is 2. The summed E-state index contributed by atoms with van der Waals surface area (Å²) < 4.78 is 2.17. The molecule has 1 atom stereocenters. The highest BCUT2D eigenvalue weighted by molar-refractivity contribution is 9.10. The third-order valence-electron chi connectivity index (χ3n) is 5.35. The van der Waals surface area contributed by atoms with Gasteiger partial charge in [0.2, 0.25) is 0 Å². The van der Waals surface area contributed by atoms with E-state index >= 15 is 0 Å². The molecule has 2 nitrogen and oxygen atoms in total. The second kappa shape index (κ2) is 6.94. The van der Waals surface area contributed by atoms with Crippen molar-refractivity contribution in [2.75, 3.05) is 0 Å². The average Bonchev–Trinajstić information content (AvgIpc) is 3.26. The van der Waals surface area contributed by atoms with Crippen molar-refractivity contribution in [1.29, 1.82) is 0 Å². The molecule has 0 amide bonds. The first kappa shape index (κ1) is 17.8. The molecular formula is C24H18Br2N2. The second-order valence-corrected chi connectivity index (χ2v) is 9.05. The van der Waals surface area contributed by atoms with Gasteiger partial charge >= 0.3 is 0 Å². The smallest absolute Gasteiger partial charge is 0.0468 e. The first-order valence-electron chi connectivity index (χ1n) is 9.20. The Morgan fingerprint density at radius 3 is 2.07 bits per heavy atom. The molecule has 2 heterocycles. The molecule has 2 N–H and O–H groups in total. The van der Waals surface area contributed by atoms with E-state index in [2.05, 4.69) is 122 Å². The van der Waals surface area contributed by atoms with Crippen LogP contribution >= 0.6 is 31.9 Å². The van der Waals surface area contributed by atoms with Gasteiger partial charge in [0.05, 0.1) is 0 Å². The standard InChI is InChI=1S/C24H18Br2N2/c1-14-5-7-18-20(12-27-22(18)9-14)24(15-3-2-4-16(25)10-15)21-13-28-23-11-17(26)6-8-19(21)23/h2-13,24,27-28H,1H3. The van der Waals surface area contributed by atoms with Gasteiger partial charge in [-0.15, -0.1) is 0 Å². The molecule has 0 spiro atoms. The normalized spacial score (nSPS) is 12.7. The zero-order chi connectivity index (χ0) is 19.3. The number of H-pyrrole nitrogens is 2. The zero-order valence-electron chi connectivity index (χ0n) is 15.3. The van der Waals surface area contributed by atoms with Crippen molar-refractivity contribution in [3.63, 3.8) is 0 Å². The predicted molar refractivity (Wildman–Crippen MR) is 124 cm³/mol. The Hall–Kier alpha value is -2.30. The van der Waals surface area contributed by atoms with E-state index in [0.717, 1.165) is 14.5 Å². The zero-order valence-corrected chi connectivity index (χ0v) is 18.4. The van der Waals surface area contributed by atoms with Gasteiger partial charge in [0.25, 0.3) is 0 Å². The summed E-state index contributed by atoms with van der Waals surface area (Å²) in [6, 6.07) is 21.7. The fourth-order valence-corrected chi connectivity index (χ4v) is 4.85. The number of nitrogens with one attached hydrogen (secondary N) is 2. The van der Waals surface area contributed by atoms with Crippen LogP contribution in [0.4, 0.5) is 0 Å². The maximum Gasteiger partial charge on any atom is 0.0468 e. The van der Waals surface area contributed by atoms with Gasteiger partial charge in [0.15, 0.2) is 0 Å². The third-order valence-corrected chi connectivity index (χ3v) is 6.34. The van der Waals surface area contributed by atoms with Crippen LogP contribution in [0.25, 0.3) is 21.8 Å². The largest absolute Gasteiger partial charge is 0.361 e. The molecule has 0 aliphatic heterocycles. The lowest BCUT2D eigenvalue weighted by Crippen LogP contribution is -2.02. The van der Waals surface area contributed by atoms with Gasteiger partial charge in [-0.05, 0) is 59.5 Å². The van der Waals surface area contributed by atoms with E-state index in [1.807, 2.05) is 0 Å². The number of benzene rings is 3. The van der Waals surface area contributed by atoms with Gasteiger partial charge in [-0.3, -0.25) is 0 Å². The van der Waals surface area contributed by atoms with E-state index in [1.54, 1.807) is 0 Å². The molecule has 0 saturated carbocycles. The predicted octanol–water partition coefficient (Wildman–Crippen LogP) is 7.66. The van der Waals surface area contributed by atoms with E-state index in [-0.39, 0.29) is 5.92 Å². The van der Waals surface area contributed by atoms with E-state index < -0.39 is 0 Å². The van der Waals surface area contributed by atoms with Crippen molar-refractivity contribution in [1.82, 2.24) is 9.97 Å². The molecule has 5 aromatic rings. The Balaban J connectivity index is 1.79. The van der Waals surface area contributed by atoms with Gasteiger partial charge in [-0.1, -0.05) is 62.2 Å². The number of hydrogen-bond donors (Lipinski definition) is 2. The molecule has 0 fully saturated rings.